The number of halogens is 5. The molecule has 0 saturated heterocycles. The summed E-state index contributed by atoms with van der Waals surface area (Å²) in [5.41, 5.74) is 0.187. The highest BCUT2D eigenvalue weighted by Crippen LogP contribution is 2.32. The molecular weight excluding hydrogens is 438 g/mol. The minimum atomic E-state index is -3.02. The van der Waals surface area contributed by atoms with Gasteiger partial charge in [0.25, 0.3) is 6.43 Å². The molecular formula is C16H16BrF4N3O3. The molecule has 2 rings (SSSR count). The van der Waals surface area contributed by atoms with Gasteiger partial charge in [-0.2, -0.15) is 13.9 Å². The van der Waals surface area contributed by atoms with Gasteiger partial charge >= 0.3 is 6.61 Å². The van der Waals surface area contributed by atoms with Gasteiger partial charge in [0.1, 0.15) is 12.2 Å². The van der Waals surface area contributed by atoms with Gasteiger partial charge < -0.3 is 14.8 Å². The van der Waals surface area contributed by atoms with E-state index in [4.69, 9.17) is 4.74 Å². The van der Waals surface area contributed by atoms with Gasteiger partial charge in [0.2, 0.25) is 5.91 Å². The van der Waals surface area contributed by atoms with E-state index in [-0.39, 0.29) is 34.8 Å². The predicted octanol–water partition coefficient (Wildman–Crippen LogP) is 4.53. The zero-order valence-electron chi connectivity index (χ0n) is 14.3. The van der Waals surface area contributed by atoms with E-state index < -0.39 is 24.6 Å². The molecule has 1 N–H and O–H groups in total. The lowest BCUT2D eigenvalue weighted by Gasteiger charge is -2.13. The highest BCUT2D eigenvalue weighted by Gasteiger charge is 2.21. The van der Waals surface area contributed by atoms with Crippen molar-refractivity contribution in [3.63, 3.8) is 0 Å². The van der Waals surface area contributed by atoms with Crippen LogP contribution in [0.3, 0.4) is 0 Å². The van der Waals surface area contributed by atoms with Crippen LogP contribution in [0.15, 0.2) is 22.7 Å². The Labute approximate surface area is 160 Å². The Bertz CT molecular complexity index is 814. The number of carbonyl (C=O) groups excluding carboxylic acids is 1. The normalized spacial score (nSPS) is 11.1. The van der Waals surface area contributed by atoms with Gasteiger partial charge in [0.05, 0.1) is 16.8 Å². The van der Waals surface area contributed by atoms with E-state index in [0.29, 0.717) is 5.69 Å². The number of hydrogen-bond donors (Lipinski definition) is 1. The van der Waals surface area contributed by atoms with Gasteiger partial charge in [-0.25, -0.2) is 8.78 Å². The molecule has 0 aliphatic heterocycles. The van der Waals surface area contributed by atoms with Crippen molar-refractivity contribution in [1.29, 1.82) is 0 Å². The number of aromatic nitrogens is 2. The van der Waals surface area contributed by atoms with Crippen molar-refractivity contribution in [1.82, 2.24) is 9.78 Å². The predicted molar refractivity (Wildman–Crippen MR) is 92.5 cm³/mol. The summed E-state index contributed by atoms with van der Waals surface area (Å²) in [4.78, 5) is 12.2. The average molecular weight is 454 g/mol. The van der Waals surface area contributed by atoms with Crippen molar-refractivity contribution < 1.29 is 31.8 Å². The Kier molecular flexibility index (Phi) is 7.05. The Morgan fingerprint density at radius 1 is 1.30 bits per heavy atom. The van der Waals surface area contributed by atoms with E-state index >= 15 is 0 Å². The zero-order valence-corrected chi connectivity index (χ0v) is 15.9. The topological polar surface area (TPSA) is 65.4 Å². The number of amides is 1. The lowest BCUT2D eigenvalue weighted by molar-refractivity contribution is -0.117. The molecule has 0 atom stereocenters. The number of nitrogens with zero attached hydrogens (tertiary/aromatic N) is 2. The molecule has 2 aromatic rings. The fraction of sp³-hybridized carbons (Fsp3) is 0.375. The number of hydrogen-bond acceptors (Lipinski definition) is 4. The van der Waals surface area contributed by atoms with E-state index in [2.05, 4.69) is 31.1 Å². The molecule has 1 aromatic carbocycles. The first-order valence-corrected chi connectivity index (χ1v) is 8.54. The van der Waals surface area contributed by atoms with Gasteiger partial charge in [-0.05, 0) is 41.9 Å². The van der Waals surface area contributed by atoms with Crippen LogP contribution in [0.5, 0.6) is 11.5 Å². The summed E-state index contributed by atoms with van der Waals surface area (Å²) in [5.74, 6) is -0.675. The Morgan fingerprint density at radius 2 is 2.00 bits per heavy atom. The maximum absolute atomic E-state index is 12.9. The second-order valence-corrected chi connectivity index (χ2v) is 6.06. The van der Waals surface area contributed by atoms with E-state index in [9.17, 15) is 22.4 Å². The summed E-state index contributed by atoms with van der Waals surface area (Å²) in [6.45, 7) is 0.0792. The molecule has 0 aliphatic carbocycles. The summed E-state index contributed by atoms with van der Waals surface area (Å²) in [6, 6.07) is 3.92. The highest BCUT2D eigenvalue weighted by molar-refractivity contribution is 9.10. The smallest absolute Gasteiger partial charge is 0.387 e. The Hall–Kier alpha value is -2.30. The molecule has 11 heteroatoms. The first kappa shape index (κ1) is 21.0. The second kappa shape index (κ2) is 9.07. The number of ether oxygens (including phenoxy) is 2. The molecule has 0 unspecified atom stereocenters. The Balaban J connectivity index is 2.14. The summed E-state index contributed by atoms with van der Waals surface area (Å²) in [7, 11) is 0. The van der Waals surface area contributed by atoms with E-state index in [0.717, 1.165) is 4.68 Å². The van der Waals surface area contributed by atoms with Crippen molar-refractivity contribution in [3.8, 4) is 11.5 Å². The lowest BCUT2D eigenvalue weighted by Crippen LogP contribution is -2.20. The van der Waals surface area contributed by atoms with Crippen LogP contribution in [0.1, 0.15) is 24.7 Å². The number of anilines is 1. The molecule has 0 fully saturated rings. The number of carbonyl (C=O) groups is 1. The second-order valence-electron chi connectivity index (χ2n) is 5.26. The van der Waals surface area contributed by atoms with Gasteiger partial charge in [0, 0.05) is 11.8 Å². The number of nitrogens with one attached hydrogen (secondary N) is 1. The van der Waals surface area contributed by atoms with Crippen LogP contribution in [0.4, 0.5) is 23.2 Å². The molecule has 1 amide bonds. The SMILES string of the molecule is CCOc1cc(NC(=O)Cn2nc(C(F)F)c(Br)c2C)ccc1OC(F)F. The molecule has 27 heavy (non-hydrogen) atoms. The van der Waals surface area contributed by atoms with Crippen LogP contribution in [-0.4, -0.2) is 28.9 Å². The van der Waals surface area contributed by atoms with E-state index in [1.54, 1.807) is 13.8 Å². The summed E-state index contributed by atoms with van der Waals surface area (Å²) in [5, 5.41) is 6.24. The maximum Gasteiger partial charge on any atom is 0.387 e. The van der Waals surface area contributed by atoms with Crippen LogP contribution >= 0.6 is 15.9 Å². The van der Waals surface area contributed by atoms with Gasteiger partial charge in [0.15, 0.2) is 11.5 Å². The van der Waals surface area contributed by atoms with E-state index in [1.807, 2.05) is 0 Å². The molecule has 1 aromatic heterocycles. The molecule has 0 spiro atoms. The summed E-state index contributed by atoms with van der Waals surface area (Å²) < 4.78 is 61.4. The fourth-order valence-electron chi connectivity index (χ4n) is 2.22. The quantitative estimate of drug-likeness (QED) is 0.596. The van der Waals surface area contributed by atoms with Crippen LogP contribution in [0, 0.1) is 6.92 Å². The molecule has 0 bridgehead atoms. The molecule has 0 aliphatic rings. The first-order chi connectivity index (χ1) is 12.7. The Morgan fingerprint density at radius 3 is 2.56 bits per heavy atom. The number of benzene rings is 1. The van der Waals surface area contributed by atoms with Crippen molar-refractivity contribution in [3.05, 3.63) is 34.1 Å². The van der Waals surface area contributed by atoms with Crippen LogP contribution in [-0.2, 0) is 11.3 Å². The lowest BCUT2D eigenvalue weighted by atomic mass is 10.2. The van der Waals surface area contributed by atoms with Crippen molar-refractivity contribution in [2.24, 2.45) is 0 Å². The molecule has 0 saturated carbocycles. The van der Waals surface area contributed by atoms with Crippen LogP contribution in [0.2, 0.25) is 0 Å². The summed E-state index contributed by atoms with van der Waals surface area (Å²) >= 11 is 3.03. The standard InChI is InChI=1S/C16H16BrF4N3O3/c1-3-26-11-6-9(4-5-10(11)27-16(20)21)22-12(25)7-24-8(2)13(17)14(23-24)15(18)19/h4-6,15-16H,3,7H2,1-2H3,(H,22,25). The van der Waals surface area contributed by atoms with Crippen molar-refractivity contribution >= 4 is 27.5 Å². The molecule has 148 valence electrons. The van der Waals surface area contributed by atoms with Crippen LogP contribution in [0.25, 0.3) is 0 Å². The van der Waals surface area contributed by atoms with Crippen molar-refractivity contribution in [2.75, 3.05) is 11.9 Å². The number of rotatable bonds is 8. The number of alkyl halides is 4. The monoisotopic (exact) mass is 453 g/mol. The van der Waals surface area contributed by atoms with Gasteiger partial charge in [-0.3, -0.25) is 9.48 Å². The molecule has 0 radical (unpaired) electrons. The average Bonchev–Trinajstić information content (AvgIpc) is 2.85. The summed E-state index contributed by atoms with van der Waals surface area (Å²) in [6.07, 6.45) is -2.78. The minimum absolute atomic E-state index is 0.0357. The van der Waals surface area contributed by atoms with Crippen molar-refractivity contribution in [2.45, 2.75) is 33.4 Å². The fourth-order valence-corrected chi connectivity index (χ4v) is 2.68. The first-order valence-electron chi connectivity index (χ1n) is 7.75. The van der Waals surface area contributed by atoms with Gasteiger partial charge in [-0.1, -0.05) is 0 Å². The van der Waals surface area contributed by atoms with Gasteiger partial charge in [-0.15, -0.1) is 0 Å². The highest BCUT2D eigenvalue weighted by atomic mass is 79.9. The maximum atomic E-state index is 12.9. The molecule has 6 nitrogen and oxygen atoms in total. The van der Waals surface area contributed by atoms with E-state index in [1.165, 1.54) is 18.2 Å². The minimum Gasteiger partial charge on any atom is -0.490 e. The van der Waals surface area contributed by atoms with Crippen LogP contribution < -0.4 is 14.8 Å². The molecule has 1 heterocycles. The third-order valence-corrected chi connectivity index (χ3v) is 4.38. The zero-order chi connectivity index (χ0) is 20.1. The third-order valence-electron chi connectivity index (χ3n) is 3.40. The third kappa shape index (κ3) is 5.34. The largest absolute Gasteiger partial charge is 0.490 e.